The first-order valence-corrected chi connectivity index (χ1v) is 15.3. The lowest BCUT2D eigenvalue weighted by Crippen LogP contribution is -2.44. The van der Waals surface area contributed by atoms with Crippen molar-refractivity contribution >= 4 is 17.9 Å². The zero-order valence-electron chi connectivity index (χ0n) is 25.6. The van der Waals surface area contributed by atoms with E-state index >= 15 is 0 Å². The van der Waals surface area contributed by atoms with Crippen molar-refractivity contribution in [2.45, 2.75) is 45.2 Å². The predicted molar refractivity (Wildman–Crippen MR) is 171 cm³/mol. The van der Waals surface area contributed by atoms with Gasteiger partial charge in [0.25, 0.3) is 5.91 Å². The minimum Gasteiger partial charge on any atom is -0.496 e. The Hall–Kier alpha value is -5.11. The molecule has 1 fully saturated rings. The summed E-state index contributed by atoms with van der Waals surface area (Å²) in [6.45, 7) is 2.50. The van der Waals surface area contributed by atoms with Crippen molar-refractivity contribution in [2.75, 3.05) is 13.7 Å². The number of benzene rings is 4. The molecule has 1 saturated heterocycles. The molecule has 0 aliphatic carbocycles. The summed E-state index contributed by atoms with van der Waals surface area (Å²) in [5.74, 6) is 0.910. The molecule has 232 valence electrons. The van der Waals surface area contributed by atoms with Crippen molar-refractivity contribution < 1.29 is 28.6 Å². The third-order valence-corrected chi connectivity index (χ3v) is 7.84. The van der Waals surface area contributed by atoms with E-state index in [1.54, 1.807) is 12.1 Å². The molecule has 0 radical (unpaired) electrons. The van der Waals surface area contributed by atoms with Gasteiger partial charge in [-0.2, -0.15) is 0 Å². The Morgan fingerprint density at radius 1 is 0.889 bits per heavy atom. The van der Waals surface area contributed by atoms with E-state index in [9.17, 15) is 14.4 Å². The molecule has 5 rings (SSSR count). The van der Waals surface area contributed by atoms with Gasteiger partial charge in [0.1, 0.15) is 23.9 Å². The van der Waals surface area contributed by atoms with Gasteiger partial charge in [-0.25, -0.2) is 9.69 Å². The van der Waals surface area contributed by atoms with E-state index < -0.39 is 12.0 Å². The molecule has 45 heavy (non-hydrogen) atoms. The predicted octanol–water partition coefficient (Wildman–Crippen LogP) is 6.97. The number of imide groups is 1. The second-order valence-electron chi connectivity index (χ2n) is 11.1. The molecule has 8 heteroatoms. The minimum absolute atomic E-state index is 0.175. The highest BCUT2D eigenvalue weighted by Crippen LogP contribution is 2.27. The first-order chi connectivity index (χ1) is 21.9. The maximum absolute atomic E-state index is 13.8. The maximum atomic E-state index is 13.8. The smallest absolute Gasteiger partial charge is 0.416 e. The highest BCUT2D eigenvalue weighted by Gasteiger charge is 2.40. The number of nitrogens with one attached hydrogen (secondary N) is 1. The Morgan fingerprint density at radius 2 is 1.56 bits per heavy atom. The van der Waals surface area contributed by atoms with E-state index in [0.29, 0.717) is 42.9 Å². The van der Waals surface area contributed by atoms with Gasteiger partial charge in [0, 0.05) is 12.5 Å². The molecular formula is C37H38N2O6. The lowest BCUT2D eigenvalue weighted by atomic mass is 9.92. The van der Waals surface area contributed by atoms with Gasteiger partial charge in [-0.1, -0.05) is 80.1 Å². The molecule has 0 spiro atoms. The number of para-hydroxylation sites is 1. The van der Waals surface area contributed by atoms with Gasteiger partial charge >= 0.3 is 6.09 Å². The van der Waals surface area contributed by atoms with Gasteiger partial charge in [-0.05, 0) is 72.4 Å². The molecule has 1 heterocycles. The molecule has 0 bridgehead atoms. The van der Waals surface area contributed by atoms with Crippen molar-refractivity contribution in [3.63, 3.8) is 0 Å². The van der Waals surface area contributed by atoms with Crippen LogP contribution in [0.25, 0.3) is 0 Å². The summed E-state index contributed by atoms with van der Waals surface area (Å²) >= 11 is 0. The quantitative estimate of drug-likeness (QED) is 0.177. The normalized spacial score (nSPS) is 14.8. The molecule has 1 aliphatic heterocycles. The van der Waals surface area contributed by atoms with Gasteiger partial charge in [0.05, 0.1) is 18.7 Å². The number of methoxy groups -OCH3 is 1. The Labute approximate surface area is 263 Å². The molecule has 8 nitrogen and oxygen atoms in total. The molecule has 1 aliphatic rings. The molecule has 2 atom stereocenters. The number of hydrogen-bond acceptors (Lipinski definition) is 6. The van der Waals surface area contributed by atoms with Crippen molar-refractivity contribution in [3.05, 3.63) is 125 Å². The highest BCUT2D eigenvalue weighted by atomic mass is 16.6. The van der Waals surface area contributed by atoms with Gasteiger partial charge in [0.2, 0.25) is 5.91 Å². The van der Waals surface area contributed by atoms with E-state index in [-0.39, 0.29) is 24.5 Å². The van der Waals surface area contributed by atoms with Crippen LogP contribution in [0.3, 0.4) is 0 Å². The average molecular weight is 607 g/mol. The summed E-state index contributed by atoms with van der Waals surface area (Å²) in [5, 5.41) is 2.97. The molecule has 4 aromatic carbocycles. The third-order valence-electron chi connectivity index (χ3n) is 7.84. The Bertz CT molecular complexity index is 1590. The van der Waals surface area contributed by atoms with E-state index in [0.717, 1.165) is 28.9 Å². The first kappa shape index (κ1) is 31.3. The Balaban J connectivity index is 1.25. The van der Waals surface area contributed by atoms with E-state index in [1.807, 2.05) is 97.9 Å². The maximum Gasteiger partial charge on any atom is 0.416 e. The number of carbonyl (C=O) groups excluding carboxylic acids is 3. The lowest BCUT2D eigenvalue weighted by molar-refractivity contribution is -0.133. The third kappa shape index (κ3) is 8.09. The number of hydrogen-bond donors (Lipinski definition) is 1. The second-order valence-corrected chi connectivity index (χ2v) is 11.1. The van der Waals surface area contributed by atoms with Crippen LogP contribution in [0.5, 0.6) is 17.2 Å². The van der Waals surface area contributed by atoms with Crippen LogP contribution in [0.1, 0.15) is 46.8 Å². The summed E-state index contributed by atoms with van der Waals surface area (Å²) in [5.41, 5.74) is 3.13. The van der Waals surface area contributed by atoms with Crippen LogP contribution in [0, 0.1) is 5.92 Å². The number of rotatable bonds is 13. The fourth-order valence-corrected chi connectivity index (χ4v) is 5.55. The fraction of sp³-hybridized carbons (Fsp3) is 0.270. The van der Waals surface area contributed by atoms with Crippen LogP contribution in [0.15, 0.2) is 103 Å². The molecule has 4 aromatic rings. The van der Waals surface area contributed by atoms with Crippen LogP contribution in [0.4, 0.5) is 4.79 Å². The first-order valence-electron chi connectivity index (χ1n) is 15.3. The molecule has 0 aromatic heterocycles. The zero-order chi connectivity index (χ0) is 31.6. The van der Waals surface area contributed by atoms with E-state index in [2.05, 4.69) is 5.32 Å². The molecule has 1 N–H and O–H groups in total. The molecule has 3 amide bonds. The SMILES string of the molecule is CCCC(Cc1ccc(OC)c(C(=O)NCc2ccc(Oc3ccccc3)cc2)c1)C(=O)N1C(=O)OCC1Cc1ccccc1. The second kappa shape index (κ2) is 15.1. The van der Waals surface area contributed by atoms with Crippen LogP contribution >= 0.6 is 0 Å². The zero-order valence-corrected chi connectivity index (χ0v) is 25.6. The molecular weight excluding hydrogens is 568 g/mol. The van der Waals surface area contributed by atoms with Crippen molar-refractivity contribution in [1.82, 2.24) is 10.2 Å². The van der Waals surface area contributed by atoms with Crippen molar-refractivity contribution in [3.8, 4) is 17.2 Å². The van der Waals surface area contributed by atoms with Crippen molar-refractivity contribution in [2.24, 2.45) is 5.92 Å². The fourth-order valence-electron chi connectivity index (χ4n) is 5.55. The Kier molecular flexibility index (Phi) is 10.5. The average Bonchev–Trinajstić information content (AvgIpc) is 3.43. The topological polar surface area (TPSA) is 94.2 Å². The molecule has 2 unspecified atom stereocenters. The van der Waals surface area contributed by atoms with Crippen LogP contribution in [-0.2, 0) is 28.9 Å². The summed E-state index contributed by atoms with van der Waals surface area (Å²) in [7, 11) is 1.52. The summed E-state index contributed by atoms with van der Waals surface area (Å²) in [6, 6.07) is 31.9. The summed E-state index contributed by atoms with van der Waals surface area (Å²) in [4.78, 5) is 41.1. The van der Waals surface area contributed by atoms with Crippen molar-refractivity contribution in [1.29, 1.82) is 0 Å². The van der Waals surface area contributed by atoms with E-state index in [1.165, 1.54) is 12.0 Å². The van der Waals surface area contributed by atoms with Gasteiger partial charge in [-0.15, -0.1) is 0 Å². The number of nitrogens with zero attached hydrogens (tertiary/aromatic N) is 1. The summed E-state index contributed by atoms with van der Waals surface area (Å²) < 4.78 is 16.7. The van der Waals surface area contributed by atoms with Crippen LogP contribution < -0.4 is 14.8 Å². The Morgan fingerprint density at radius 3 is 2.24 bits per heavy atom. The monoisotopic (exact) mass is 606 g/mol. The number of ether oxygens (including phenoxy) is 3. The largest absolute Gasteiger partial charge is 0.496 e. The van der Waals surface area contributed by atoms with E-state index in [4.69, 9.17) is 14.2 Å². The highest BCUT2D eigenvalue weighted by molar-refractivity contribution is 5.97. The number of amides is 3. The van der Waals surface area contributed by atoms with Gasteiger partial charge in [-0.3, -0.25) is 9.59 Å². The van der Waals surface area contributed by atoms with Gasteiger partial charge in [0.15, 0.2) is 0 Å². The number of carbonyl (C=O) groups is 3. The number of cyclic esters (lactones) is 1. The van der Waals surface area contributed by atoms with Crippen LogP contribution in [-0.4, -0.2) is 42.6 Å². The van der Waals surface area contributed by atoms with Crippen LogP contribution in [0.2, 0.25) is 0 Å². The summed E-state index contributed by atoms with van der Waals surface area (Å²) in [6.07, 6.45) is 1.67. The lowest BCUT2D eigenvalue weighted by Gasteiger charge is -2.25. The van der Waals surface area contributed by atoms with Gasteiger partial charge < -0.3 is 19.5 Å². The minimum atomic E-state index is -0.600. The molecule has 0 saturated carbocycles. The standard InChI is InChI=1S/C37H38N2O6/c1-3-10-29(36(41)39-30(25-44-37(39)42)22-26-11-6-4-7-12-26)21-28-17-20-34(43-2)33(23-28)35(40)38-24-27-15-18-32(19-16-27)45-31-13-8-5-9-14-31/h4-9,11-20,23,29-30H,3,10,21-22,24-25H2,1-2H3,(H,38,40).